The average Bonchev–Trinajstić information content (AvgIpc) is 2.78. The SMILES string of the molecule is CCCn1nnnc1CN1CCCC[C@H]1[C@H](C)O. The van der Waals surface area contributed by atoms with Crippen molar-refractivity contribution in [1.29, 1.82) is 0 Å². The van der Waals surface area contributed by atoms with Crippen molar-refractivity contribution in [3.63, 3.8) is 0 Å². The Labute approximate surface area is 108 Å². The Morgan fingerprint density at radius 3 is 3.00 bits per heavy atom. The van der Waals surface area contributed by atoms with Gasteiger partial charge in [-0.15, -0.1) is 5.10 Å². The summed E-state index contributed by atoms with van der Waals surface area (Å²) in [6.07, 6.45) is 4.19. The topological polar surface area (TPSA) is 67.1 Å². The second-order valence-corrected chi connectivity index (χ2v) is 5.09. The molecule has 0 spiro atoms. The Hall–Kier alpha value is -1.01. The van der Waals surface area contributed by atoms with Crippen LogP contribution in [-0.4, -0.2) is 48.9 Å². The maximum absolute atomic E-state index is 9.85. The molecule has 18 heavy (non-hydrogen) atoms. The van der Waals surface area contributed by atoms with E-state index in [1.807, 2.05) is 11.6 Å². The molecule has 1 saturated heterocycles. The lowest BCUT2D eigenvalue weighted by Gasteiger charge is -2.36. The number of nitrogens with zero attached hydrogens (tertiary/aromatic N) is 5. The zero-order chi connectivity index (χ0) is 13.0. The Morgan fingerprint density at radius 1 is 1.44 bits per heavy atom. The molecule has 1 aromatic heterocycles. The first-order chi connectivity index (χ1) is 8.72. The van der Waals surface area contributed by atoms with Crippen molar-refractivity contribution < 1.29 is 5.11 Å². The van der Waals surface area contributed by atoms with E-state index in [-0.39, 0.29) is 12.1 Å². The van der Waals surface area contributed by atoms with E-state index in [2.05, 4.69) is 27.3 Å². The smallest absolute Gasteiger partial charge is 0.165 e. The minimum Gasteiger partial charge on any atom is -0.392 e. The molecule has 102 valence electrons. The summed E-state index contributed by atoms with van der Waals surface area (Å²) in [6.45, 7) is 6.61. The van der Waals surface area contributed by atoms with Gasteiger partial charge < -0.3 is 5.11 Å². The molecule has 0 aromatic carbocycles. The van der Waals surface area contributed by atoms with Gasteiger partial charge in [0.2, 0.25) is 0 Å². The van der Waals surface area contributed by atoms with Gasteiger partial charge in [0, 0.05) is 12.6 Å². The van der Waals surface area contributed by atoms with Crippen LogP contribution in [0.3, 0.4) is 0 Å². The highest BCUT2D eigenvalue weighted by molar-refractivity contribution is 4.87. The van der Waals surface area contributed by atoms with Crippen LogP contribution in [0.4, 0.5) is 0 Å². The van der Waals surface area contributed by atoms with Crippen LogP contribution in [0.5, 0.6) is 0 Å². The first kappa shape index (κ1) is 13.4. The summed E-state index contributed by atoms with van der Waals surface area (Å²) in [6, 6.07) is 0.241. The van der Waals surface area contributed by atoms with E-state index < -0.39 is 0 Å². The predicted octanol–water partition coefficient (Wildman–Crippen LogP) is 0.818. The zero-order valence-electron chi connectivity index (χ0n) is 11.3. The molecule has 0 amide bonds. The van der Waals surface area contributed by atoms with E-state index in [1.165, 1.54) is 12.8 Å². The first-order valence-electron chi connectivity index (χ1n) is 6.89. The number of aryl methyl sites for hydroxylation is 1. The quantitative estimate of drug-likeness (QED) is 0.841. The second kappa shape index (κ2) is 6.24. The number of aliphatic hydroxyl groups is 1. The van der Waals surface area contributed by atoms with Gasteiger partial charge in [-0.1, -0.05) is 13.3 Å². The number of hydrogen-bond donors (Lipinski definition) is 1. The van der Waals surface area contributed by atoms with Crippen LogP contribution in [0.2, 0.25) is 0 Å². The molecule has 0 bridgehead atoms. The molecule has 2 heterocycles. The van der Waals surface area contributed by atoms with Crippen LogP contribution in [0, 0.1) is 0 Å². The molecule has 1 aliphatic heterocycles. The summed E-state index contributed by atoms with van der Waals surface area (Å²) in [5, 5.41) is 21.7. The first-order valence-corrected chi connectivity index (χ1v) is 6.89. The monoisotopic (exact) mass is 253 g/mol. The molecule has 6 heteroatoms. The zero-order valence-corrected chi connectivity index (χ0v) is 11.3. The van der Waals surface area contributed by atoms with Gasteiger partial charge in [-0.25, -0.2) is 4.68 Å². The third-order valence-electron chi connectivity index (χ3n) is 3.61. The molecule has 0 aliphatic carbocycles. The molecule has 0 radical (unpaired) electrons. The minimum absolute atomic E-state index is 0.241. The highest BCUT2D eigenvalue weighted by Crippen LogP contribution is 2.21. The standard InChI is InChI=1S/C12H23N5O/c1-3-7-17-12(13-14-15-17)9-16-8-5-4-6-11(16)10(2)18/h10-11,18H,3-9H2,1-2H3/t10-,11-/m0/s1. The molecular weight excluding hydrogens is 230 g/mol. The molecule has 2 atom stereocenters. The molecule has 1 N–H and O–H groups in total. The van der Waals surface area contributed by atoms with E-state index in [4.69, 9.17) is 0 Å². The van der Waals surface area contributed by atoms with Gasteiger partial charge in [0.1, 0.15) is 0 Å². The van der Waals surface area contributed by atoms with Crippen molar-refractivity contribution in [2.75, 3.05) is 6.54 Å². The van der Waals surface area contributed by atoms with Crippen LogP contribution in [0.1, 0.15) is 45.4 Å². The Kier molecular flexibility index (Phi) is 4.66. The second-order valence-electron chi connectivity index (χ2n) is 5.09. The van der Waals surface area contributed by atoms with E-state index in [9.17, 15) is 5.11 Å². The maximum atomic E-state index is 9.85. The van der Waals surface area contributed by atoms with Crippen molar-refractivity contribution in [2.45, 2.75) is 64.8 Å². The number of piperidine rings is 1. The largest absolute Gasteiger partial charge is 0.392 e. The molecule has 1 aromatic rings. The molecule has 0 saturated carbocycles. The van der Waals surface area contributed by atoms with Crippen molar-refractivity contribution in [3.05, 3.63) is 5.82 Å². The molecule has 2 rings (SSSR count). The fourth-order valence-electron chi connectivity index (χ4n) is 2.66. The molecule has 1 fully saturated rings. The highest BCUT2D eigenvalue weighted by Gasteiger charge is 2.27. The minimum atomic E-state index is -0.291. The van der Waals surface area contributed by atoms with E-state index in [1.54, 1.807) is 0 Å². The predicted molar refractivity (Wildman–Crippen MR) is 67.8 cm³/mol. The number of likely N-dealkylation sites (tertiary alicyclic amines) is 1. The third-order valence-corrected chi connectivity index (χ3v) is 3.61. The molecule has 0 unspecified atom stereocenters. The summed E-state index contributed by atoms with van der Waals surface area (Å²) < 4.78 is 1.87. The molecular formula is C12H23N5O. The van der Waals surface area contributed by atoms with E-state index >= 15 is 0 Å². The number of aliphatic hydroxyl groups excluding tert-OH is 1. The van der Waals surface area contributed by atoms with Crippen LogP contribution in [0.25, 0.3) is 0 Å². The summed E-state index contributed by atoms with van der Waals surface area (Å²) in [7, 11) is 0. The van der Waals surface area contributed by atoms with Crippen LogP contribution >= 0.6 is 0 Å². The Bertz CT molecular complexity index is 365. The van der Waals surface area contributed by atoms with Gasteiger partial charge >= 0.3 is 0 Å². The fraction of sp³-hybridized carbons (Fsp3) is 0.917. The lowest BCUT2D eigenvalue weighted by Crippen LogP contribution is -2.45. The van der Waals surface area contributed by atoms with Crippen molar-refractivity contribution in [2.24, 2.45) is 0 Å². The summed E-state index contributed by atoms with van der Waals surface area (Å²) in [4.78, 5) is 2.31. The number of tetrazole rings is 1. The number of rotatable bonds is 5. The van der Waals surface area contributed by atoms with Gasteiger partial charge in [-0.2, -0.15) is 0 Å². The number of hydrogen-bond acceptors (Lipinski definition) is 5. The third kappa shape index (κ3) is 3.05. The number of aromatic nitrogens is 4. The lowest BCUT2D eigenvalue weighted by molar-refractivity contribution is 0.0294. The van der Waals surface area contributed by atoms with Crippen molar-refractivity contribution in [1.82, 2.24) is 25.1 Å². The summed E-state index contributed by atoms with van der Waals surface area (Å²) in [5.41, 5.74) is 0. The fourth-order valence-corrected chi connectivity index (χ4v) is 2.66. The van der Waals surface area contributed by atoms with Gasteiger partial charge in [0.25, 0.3) is 0 Å². The van der Waals surface area contributed by atoms with Crippen molar-refractivity contribution >= 4 is 0 Å². The maximum Gasteiger partial charge on any atom is 0.165 e. The van der Waals surface area contributed by atoms with Crippen LogP contribution in [-0.2, 0) is 13.1 Å². The van der Waals surface area contributed by atoms with E-state index in [0.29, 0.717) is 0 Å². The van der Waals surface area contributed by atoms with Gasteiger partial charge in [-0.05, 0) is 43.2 Å². The Balaban J connectivity index is 2.04. The highest BCUT2D eigenvalue weighted by atomic mass is 16.3. The van der Waals surface area contributed by atoms with Gasteiger partial charge in [0.05, 0.1) is 12.6 Å². The normalized spacial score (nSPS) is 23.2. The molecule has 6 nitrogen and oxygen atoms in total. The average molecular weight is 253 g/mol. The lowest BCUT2D eigenvalue weighted by atomic mass is 9.98. The van der Waals surface area contributed by atoms with Gasteiger partial charge in [-0.3, -0.25) is 4.90 Å². The van der Waals surface area contributed by atoms with Crippen LogP contribution in [0.15, 0.2) is 0 Å². The van der Waals surface area contributed by atoms with Gasteiger partial charge in [0.15, 0.2) is 5.82 Å². The van der Waals surface area contributed by atoms with E-state index in [0.717, 1.165) is 38.3 Å². The summed E-state index contributed by atoms with van der Waals surface area (Å²) >= 11 is 0. The van der Waals surface area contributed by atoms with Crippen LogP contribution < -0.4 is 0 Å². The Morgan fingerprint density at radius 2 is 2.28 bits per heavy atom. The molecule has 1 aliphatic rings. The summed E-state index contributed by atoms with van der Waals surface area (Å²) in [5.74, 6) is 0.907. The van der Waals surface area contributed by atoms with Crippen molar-refractivity contribution in [3.8, 4) is 0 Å².